The minimum atomic E-state index is -1.07. The zero-order chi connectivity index (χ0) is 14.8. The van der Waals surface area contributed by atoms with Crippen LogP contribution in [0.15, 0.2) is 18.2 Å². The van der Waals surface area contributed by atoms with Crippen molar-refractivity contribution in [3.63, 3.8) is 0 Å². The predicted octanol–water partition coefficient (Wildman–Crippen LogP) is 3.32. The lowest BCUT2D eigenvalue weighted by Crippen LogP contribution is -2.48. The first-order valence-electron chi connectivity index (χ1n) is 5.61. The molecule has 1 aromatic rings. The number of hydrogen-bond donors (Lipinski definition) is 1. The molecular formula is C13H15Cl2NO3. The molecule has 0 aromatic heterocycles. The number of carboxylic acid groups (broad SMARTS) is 1. The van der Waals surface area contributed by atoms with Crippen LogP contribution in [0.5, 0.6) is 0 Å². The Morgan fingerprint density at radius 1 is 1.21 bits per heavy atom. The Kier molecular flexibility index (Phi) is 4.82. The van der Waals surface area contributed by atoms with E-state index in [1.165, 1.54) is 23.1 Å². The van der Waals surface area contributed by atoms with Crippen molar-refractivity contribution in [3.8, 4) is 0 Å². The number of amides is 1. The Labute approximate surface area is 121 Å². The van der Waals surface area contributed by atoms with Crippen molar-refractivity contribution in [1.29, 1.82) is 0 Å². The molecule has 0 atom stereocenters. The number of halogens is 2. The van der Waals surface area contributed by atoms with E-state index in [2.05, 4.69) is 0 Å². The first-order valence-corrected chi connectivity index (χ1v) is 6.37. The van der Waals surface area contributed by atoms with Gasteiger partial charge >= 0.3 is 5.97 Å². The van der Waals surface area contributed by atoms with E-state index in [0.29, 0.717) is 10.6 Å². The SMILES string of the molecule is CC(C)(C)N(CC(=O)O)C(=O)c1ccc(Cl)c(Cl)c1. The fourth-order valence-electron chi connectivity index (χ4n) is 1.53. The molecule has 1 N–H and O–H groups in total. The van der Waals surface area contributed by atoms with Crippen molar-refractivity contribution in [1.82, 2.24) is 4.90 Å². The molecule has 0 aliphatic rings. The number of aliphatic carboxylic acids is 1. The summed E-state index contributed by atoms with van der Waals surface area (Å²) in [6, 6.07) is 4.47. The van der Waals surface area contributed by atoms with Gasteiger partial charge in [-0.25, -0.2) is 0 Å². The molecule has 104 valence electrons. The first kappa shape index (κ1) is 15.8. The Hall–Kier alpha value is -1.26. The highest BCUT2D eigenvalue weighted by Gasteiger charge is 2.29. The minimum absolute atomic E-state index is 0.261. The molecular weight excluding hydrogens is 289 g/mol. The lowest BCUT2D eigenvalue weighted by atomic mass is 10.0. The maximum absolute atomic E-state index is 12.4. The van der Waals surface area contributed by atoms with E-state index in [0.717, 1.165) is 0 Å². The van der Waals surface area contributed by atoms with E-state index >= 15 is 0 Å². The Bertz CT molecular complexity index is 509. The smallest absolute Gasteiger partial charge is 0.323 e. The Morgan fingerprint density at radius 2 is 1.79 bits per heavy atom. The number of carbonyl (C=O) groups excluding carboxylic acids is 1. The average molecular weight is 304 g/mol. The molecule has 1 aromatic carbocycles. The summed E-state index contributed by atoms with van der Waals surface area (Å²) in [5, 5.41) is 9.51. The van der Waals surface area contributed by atoms with Gasteiger partial charge in [0.1, 0.15) is 6.54 Å². The normalized spacial score (nSPS) is 11.2. The molecule has 0 saturated heterocycles. The van der Waals surface area contributed by atoms with E-state index in [-0.39, 0.29) is 11.6 Å². The molecule has 0 radical (unpaired) electrons. The van der Waals surface area contributed by atoms with E-state index in [1.54, 1.807) is 20.8 Å². The van der Waals surface area contributed by atoms with Crippen LogP contribution in [-0.2, 0) is 4.79 Å². The molecule has 0 heterocycles. The third kappa shape index (κ3) is 4.11. The van der Waals surface area contributed by atoms with Crippen molar-refractivity contribution in [2.24, 2.45) is 0 Å². The van der Waals surface area contributed by atoms with Crippen molar-refractivity contribution in [2.45, 2.75) is 26.3 Å². The zero-order valence-electron chi connectivity index (χ0n) is 10.9. The van der Waals surface area contributed by atoms with Crippen LogP contribution in [-0.4, -0.2) is 34.0 Å². The first-order chi connectivity index (χ1) is 8.62. The van der Waals surface area contributed by atoms with Crippen LogP contribution in [0.25, 0.3) is 0 Å². The van der Waals surface area contributed by atoms with Gasteiger partial charge in [0.15, 0.2) is 0 Å². The van der Waals surface area contributed by atoms with Crippen LogP contribution in [0, 0.1) is 0 Å². The van der Waals surface area contributed by atoms with E-state index in [4.69, 9.17) is 28.3 Å². The average Bonchev–Trinajstić information content (AvgIpc) is 2.27. The van der Waals surface area contributed by atoms with Gasteiger partial charge in [-0.05, 0) is 39.0 Å². The van der Waals surface area contributed by atoms with Gasteiger partial charge in [-0.3, -0.25) is 9.59 Å². The second kappa shape index (κ2) is 5.80. The topological polar surface area (TPSA) is 57.6 Å². The third-order valence-corrected chi connectivity index (χ3v) is 3.25. The van der Waals surface area contributed by atoms with Gasteiger partial charge < -0.3 is 10.0 Å². The number of hydrogen-bond acceptors (Lipinski definition) is 2. The molecule has 0 aliphatic carbocycles. The van der Waals surface area contributed by atoms with Gasteiger partial charge in [-0.15, -0.1) is 0 Å². The third-order valence-electron chi connectivity index (χ3n) is 2.51. The maximum Gasteiger partial charge on any atom is 0.323 e. The summed E-state index contributed by atoms with van der Waals surface area (Å²) in [5.74, 6) is -1.46. The fourth-order valence-corrected chi connectivity index (χ4v) is 1.83. The van der Waals surface area contributed by atoms with Crippen molar-refractivity contribution in [3.05, 3.63) is 33.8 Å². The Balaban J connectivity index is 3.12. The lowest BCUT2D eigenvalue weighted by molar-refractivity contribution is -0.138. The van der Waals surface area contributed by atoms with Crippen molar-refractivity contribution in [2.75, 3.05) is 6.54 Å². The van der Waals surface area contributed by atoms with Gasteiger partial charge in [0, 0.05) is 11.1 Å². The van der Waals surface area contributed by atoms with Gasteiger partial charge in [-0.1, -0.05) is 23.2 Å². The maximum atomic E-state index is 12.4. The molecule has 0 unspecified atom stereocenters. The van der Waals surface area contributed by atoms with Crippen LogP contribution in [0.4, 0.5) is 0 Å². The van der Waals surface area contributed by atoms with E-state index in [1.807, 2.05) is 0 Å². The monoisotopic (exact) mass is 303 g/mol. The highest BCUT2D eigenvalue weighted by atomic mass is 35.5. The Morgan fingerprint density at radius 3 is 2.21 bits per heavy atom. The molecule has 0 spiro atoms. The number of nitrogens with zero attached hydrogens (tertiary/aromatic N) is 1. The fraction of sp³-hybridized carbons (Fsp3) is 0.385. The lowest BCUT2D eigenvalue weighted by Gasteiger charge is -2.34. The van der Waals surface area contributed by atoms with Gasteiger partial charge in [0.25, 0.3) is 5.91 Å². The minimum Gasteiger partial charge on any atom is -0.480 e. The van der Waals surface area contributed by atoms with Crippen LogP contribution in [0.2, 0.25) is 10.0 Å². The van der Waals surface area contributed by atoms with Gasteiger partial charge in [0.2, 0.25) is 0 Å². The van der Waals surface area contributed by atoms with E-state index < -0.39 is 17.4 Å². The summed E-state index contributed by atoms with van der Waals surface area (Å²) in [7, 11) is 0. The highest BCUT2D eigenvalue weighted by Crippen LogP contribution is 2.25. The van der Waals surface area contributed by atoms with Crippen LogP contribution in [0.1, 0.15) is 31.1 Å². The highest BCUT2D eigenvalue weighted by molar-refractivity contribution is 6.42. The largest absolute Gasteiger partial charge is 0.480 e. The summed E-state index contributed by atoms with van der Waals surface area (Å²) in [6.07, 6.45) is 0. The molecule has 4 nitrogen and oxygen atoms in total. The molecule has 0 bridgehead atoms. The van der Waals surface area contributed by atoms with Crippen LogP contribution < -0.4 is 0 Å². The van der Waals surface area contributed by atoms with E-state index in [9.17, 15) is 9.59 Å². The van der Waals surface area contributed by atoms with Crippen LogP contribution in [0.3, 0.4) is 0 Å². The number of carboxylic acids is 1. The molecule has 19 heavy (non-hydrogen) atoms. The molecule has 1 amide bonds. The summed E-state index contributed by atoms with van der Waals surface area (Å²) < 4.78 is 0. The van der Waals surface area contributed by atoms with Crippen molar-refractivity contribution < 1.29 is 14.7 Å². The van der Waals surface area contributed by atoms with Crippen LogP contribution >= 0.6 is 23.2 Å². The zero-order valence-corrected chi connectivity index (χ0v) is 12.4. The molecule has 1 rings (SSSR count). The molecule has 0 fully saturated rings. The van der Waals surface area contributed by atoms with Gasteiger partial charge in [0.05, 0.1) is 10.0 Å². The van der Waals surface area contributed by atoms with Crippen molar-refractivity contribution >= 4 is 35.1 Å². The number of rotatable bonds is 3. The summed E-state index contributed by atoms with van der Waals surface area (Å²) >= 11 is 11.7. The molecule has 6 heteroatoms. The second-order valence-electron chi connectivity index (χ2n) is 5.08. The summed E-state index contributed by atoms with van der Waals surface area (Å²) in [4.78, 5) is 24.5. The predicted molar refractivity (Wildman–Crippen MR) is 74.9 cm³/mol. The molecule has 0 aliphatic heterocycles. The number of carbonyl (C=O) groups is 2. The number of benzene rings is 1. The summed E-state index contributed by atoms with van der Waals surface area (Å²) in [5.41, 5.74) is -0.299. The standard InChI is InChI=1S/C13H15Cl2NO3/c1-13(2,3)16(7-11(17)18)12(19)8-4-5-9(14)10(15)6-8/h4-6H,7H2,1-3H3,(H,17,18). The summed E-state index contributed by atoms with van der Waals surface area (Å²) in [6.45, 7) is 4.94. The second-order valence-corrected chi connectivity index (χ2v) is 5.90. The van der Waals surface area contributed by atoms with Gasteiger partial charge in [-0.2, -0.15) is 0 Å². The molecule has 0 saturated carbocycles. The quantitative estimate of drug-likeness (QED) is 0.932.